The van der Waals surface area contributed by atoms with Gasteiger partial charge in [0, 0.05) is 10.7 Å². The van der Waals surface area contributed by atoms with Crippen molar-refractivity contribution in [2.45, 2.75) is 12.3 Å². The van der Waals surface area contributed by atoms with E-state index in [1.807, 2.05) is 55.5 Å². The number of para-hydroxylation sites is 1. The molecule has 0 bridgehead atoms. The zero-order valence-corrected chi connectivity index (χ0v) is 12.6. The lowest BCUT2D eigenvalue weighted by Crippen LogP contribution is -2.08. The molecule has 0 spiro atoms. The molecule has 0 aliphatic rings. The maximum absolute atomic E-state index is 12.4. The van der Waals surface area contributed by atoms with Crippen molar-refractivity contribution in [3.8, 4) is 11.1 Å². The number of alkyl halides is 1. The third-order valence-electron chi connectivity index (χ3n) is 3.47. The van der Waals surface area contributed by atoms with Crippen LogP contribution >= 0.6 is 15.9 Å². The predicted octanol–water partition coefficient (Wildman–Crippen LogP) is 4.66. The van der Waals surface area contributed by atoms with Crippen LogP contribution in [0.2, 0.25) is 0 Å². The van der Waals surface area contributed by atoms with E-state index in [1.165, 1.54) is 0 Å². The number of fused-ring (bicyclic) bond motifs is 1. The van der Waals surface area contributed by atoms with Gasteiger partial charge in [-0.3, -0.25) is 0 Å². The van der Waals surface area contributed by atoms with Gasteiger partial charge >= 0.3 is 5.63 Å². The maximum Gasteiger partial charge on any atom is 0.344 e. The Morgan fingerprint density at radius 2 is 1.75 bits per heavy atom. The lowest BCUT2D eigenvalue weighted by molar-refractivity contribution is 0.562. The Labute approximate surface area is 125 Å². The van der Waals surface area contributed by atoms with E-state index < -0.39 is 0 Å². The molecule has 0 atom stereocenters. The third-order valence-corrected chi connectivity index (χ3v) is 4.03. The van der Waals surface area contributed by atoms with Gasteiger partial charge in [-0.15, -0.1) is 0 Å². The molecule has 0 saturated heterocycles. The summed E-state index contributed by atoms with van der Waals surface area (Å²) in [6, 6.07) is 15.5. The minimum Gasteiger partial charge on any atom is -0.422 e. The molecule has 2 aromatic carbocycles. The van der Waals surface area contributed by atoms with E-state index >= 15 is 0 Å². The lowest BCUT2D eigenvalue weighted by Gasteiger charge is -2.11. The molecule has 0 saturated carbocycles. The Kier molecular flexibility index (Phi) is 3.45. The summed E-state index contributed by atoms with van der Waals surface area (Å²) >= 11 is 3.50. The quantitative estimate of drug-likeness (QED) is 0.505. The van der Waals surface area contributed by atoms with Crippen LogP contribution in [0.25, 0.3) is 22.1 Å². The molecular weight excluding hydrogens is 316 g/mol. The standard InChI is InChI=1S/C17H13BrO2/c1-11-6-2-3-7-12(11)16-14(10-18)13-8-4-5-9-15(13)20-17(16)19/h2-9H,10H2,1H3. The molecule has 20 heavy (non-hydrogen) atoms. The second-order valence-electron chi connectivity index (χ2n) is 4.69. The third kappa shape index (κ3) is 2.08. The molecule has 100 valence electrons. The van der Waals surface area contributed by atoms with Crippen LogP contribution in [0, 0.1) is 6.92 Å². The summed E-state index contributed by atoms with van der Waals surface area (Å²) in [4.78, 5) is 12.4. The number of hydrogen-bond donors (Lipinski definition) is 0. The first-order valence-corrected chi connectivity index (χ1v) is 7.51. The molecule has 0 aliphatic heterocycles. The molecule has 3 rings (SSSR count). The molecule has 2 nitrogen and oxygen atoms in total. The van der Waals surface area contributed by atoms with E-state index in [0.717, 1.165) is 22.1 Å². The zero-order chi connectivity index (χ0) is 14.1. The van der Waals surface area contributed by atoms with Crippen molar-refractivity contribution >= 4 is 26.9 Å². The smallest absolute Gasteiger partial charge is 0.344 e. The monoisotopic (exact) mass is 328 g/mol. The van der Waals surface area contributed by atoms with E-state index in [9.17, 15) is 4.79 Å². The number of rotatable bonds is 2. The fourth-order valence-electron chi connectivity index (χ4n) is 2.48. The first kappa shape index (κ1) is 13.1. The van der Waals surface area contributed by atoms with Crippen molar-refractivity contribution in [3.63, 3.8) is 0 Å². The van der Waals surface area contributed by atoms with Crippen LogP contribution in [0.15, 0.2) is 57.7 Å². The minimum atomic E-state index is -0.285. The Hall–Kier alpha value is -1.87. The molecule has 0 fully saturated rings. The van der Waals surface area contributed by atoms with Gasteiger partial charge in [0.2, 0.25) is 0 Å². The average molecular weight is 329 g/mol. The van der Waals surface area contributed by atoms with E-state index in [1.54, 1.807) is 0 Å². The van der Waals surface area contributed by atoms with Crippen molar-refractivity contribution in [1.29, 1.82) is 0 Å². The highest BCUT2D eigenvalue weighted by Crippen LogP contribution is 2.30. The topological polar surface area (TPSA) is 30.2 Å². The van der Waals surface area contributed by atoms with Crippen LogP contribution in [-0.2, 0) is 5.33 Å². The van der Waals surface area contributed by atoms with E-state index in [2.05, 4.69) is 15.9 Å². The molecule has 1 aromatic heterocycles. The Balaban J connectivity index is 2.45. The number of hydrogen-bond acceptors (Lipinski definition) is 2. The van der Waals surface area contributed by atoms with Crippen molar-refractivity contribution in [2.24, 2.45) is 0 Å². The normalized spacial score (nSPS) is 10.9. The van der Waals surface area contributed by atoms with Crippen molar-refractivity contribution in [1.82, 2.24) is 0 Å². The van der Waals surface area contributed by atoms with Gasteiger partial charge in [-0.2, -0.15) is 0 Å². The summed E-state index contributed by atoms with van der Waals surface area (Å²) in [5.74, 6) is 0. The second-order valence-corrected chi connectivity index (χ2v) is 5.25. The van der Waals surface area contributed by atoms with Crippen LogP contribution in [0.4, 0.5) is 0 Å². The molecule has 0 N–H and O–H groups in total. The predicted molar refractivity (Wildman–Crippen MR) is 85.3 cm³/mol. The fourth-order valence-corrected chi connectivity index (χ4v) is 3.06. The molecule has 0 aliphatic carbocycles. The summed E-state index contributed by atoms with van der Waals surface area (Å²) in [5, 5.41) is 1.59. The zero-order valence-electron chi connectivity index (χ0n) is 11.0. The van der Waals surface area contributed by atoms with Crippen molar-refractivity contribution in [2.75, 3.05) is 0 Å². The Bertz CT molecular complexity index is 834. The van der Waals surface area contributed by atoms with Gasteiger partial charge in [0.15, 0.2) is 0 Å². The number of benzene rings is 2. The molecule has 1 heterocycles. The number of halogens is 1. The van der Waals surface area contributed by atoms with Gasteiger partial charge in [-0.05, 0) is 29.7 Å². The van der Waals surface area contributed by atoms with Crippen LogP contribution in [0.1, 0.15) is 11.1 Å². The average Bonchev–Trinajstić information content (AvgIpc) is 2.47. The summed E-state index contributed by atoms with van der Waals surface area (Å²) in [7, 11) is 0. The van der Waals surface area contributed by atoms with E-state index in [-0.39, 0.29) is 5.63 Å². The van der Waals surface area contributed by atoms with Gasteiger partial charge in [-0.25, -0.2) is 4.79 Å². The van der Waals surface area contributed by atoms with Gasteiger partial charge in [-0.1, -0.05) is 58.4 Å². The highest BCUT2D eigenvalue weighted by Gasteiger charge is 2.16. The minimum absolute atomic E-state index is 0.285. The number of aryl methyl sites for hydroxylation is 1. The van der Waals surface area contributed by atoms with Crippen LogP contribution in [0.3, 0.4) is 0 Å². The molecule has 0 radical (unpaired) electrons. The van der Waals surface area contributed by atoms with Gasteiger partial charge in [0.25, 0.3) is 0 Å². The van der Waals surface area contributed by atoms with Gasteiger partial charge in [0.05, 0.1) is 5.56 Å². The summed E-state index contributed by atoms with van der Waals surface area (Å²) in [5.41, 5.74) is 3.97. The van der Waals surface area contributed by atoms with Crippen LogP contribution in [-0.4, -0.2) is 0 Å². The molecule has 3 aromatic rings. The van der Waals surface area contributed by atoms with E-state index in [4.69, 9.17) is 4.42 Å². The van der Waals surface area contributed by atoms with Crippen LogP contribution < -0.4 is 5.63 Å². The van der Waals surface area contributed by atoms with Crippen LogP contribution in [0.5, 0.6) is 0 Å². The molecular formula is C17H13BrO2. The molecule has 3 heteroatoms. The lowest BCUT2D eigenvalue weighted by atomic mass is 9.96. The first-order chi connectivity index (χ1) is 9.72. The highest BCUT2D eigenvalue weighted by molar-refractivity contribution is 9.08. The summed E-state index contributed by atoms with van der Waals surface area (Å²) < 4.78 is 5.47. The summed E-state index contributed by atoms with van der Waals surface area (Å²) in [6.07, 6.45) is 0. The van der Waals surface area contributed by atoms with E-state index in [0.29, 0.717) is 16.5 Å². The summed E-state index contributed by atoms with van der Waals surface area (Å²) in [6.45, 7) is 2.00. The molecule has 0 amide bonds. The SMILES string of the molecule is Cc1ccccc1-c1c(CBr)c2ccccc2oc1=O. The Morgan fingerprint density at radius 3 is 2.50 bits per heavy atom. The van der Waals surface area contributed by atoms with Crippen molar-refractivity contribution < 1.29 is 4.42 Å². The fraction of sp³-hybridized carbons (Fsp3) is 0.118. The van der Waals surface area contributed by atoms with Crippen molar-refractivity contribution in [3.05, 3.63) is 70.1 Å². The Morgan fingerprint density at radius 1 is 1.05 bits per heavy atom. The highest BCUT2D eigenvalue weighted by atomic mass is 79.9. The second kappa shape index (κ2) is 5.25. The van der Waals surface area contributed by atoms with Gasteiger partial charge < -0.3 is 4.42 Å². The first-order valence-electron chi connectivity index (χ1n) is 6.39. The molecule has 0 unspecified atom stereocenters. The van der Waals surface area contributed by atoms with Gasteiger partial charge in [0.1, 0.15) is 5.58 Å². The maximum atomic E-state index is 12.4. The largest absolute Gasteiger partial charge is 0.422 e.